The molecule has 2 aliphatic rings. The molecule has 1 atom stereocenters. The number of hydrogen-bond acceptors (Lipinski definition) is 5. The Kier molecular flexibility index (Phi) is 5.39. The number of amides is 2. The Hall–Kier alpha value is -2.45. The first-order valence-electron chi connectivity index (χ1n) is 8.53. The maximum Gasteiger partial charge on any atom is 0.411 e. The second-order valence-electron chi connectivity index (χ2n) is 8.23. The van der Waals surface area contributed by atoms with Gasteiger partial charge in [0.2, 0.25) is 5.96 Å². The average molecular weight is 365 g/mol. The van der Waals surface area contributed by atoms with Crippen LogP contribution in [0.4, 0.5) is 9.59 Å². The zero-order chi connectivity index (χ0) is 19.7. The van der Waals surface area contributed by atoms with Crippen LogP contribution in [0, 0.1) is 5.41 Å². The average Bonchev–Trinajstić information content (AvgIpc) is 2.62. The van der Waals surface area contributed by atoms with Gasteiger partial charge < -0.3 is 14.4 Å². The van der Waals surface area contributed by atoms with Crippen LogP contribution in [0.1, 0.15) is 41.5 Å². The lowest BCUT2D eigenvalue weighted by molar-refractivity contribution is 0.0185. The normalized spacial score (nSPS) is 20.9. The van der Waals surface area contributed by atoms with Crippen LogP contribution in [0.5, 0.6) is 0 Å². The van der Waals surface area contributed by atoms with Crippen molar-refractivity contribution in [3.8, 4) is 0 Å². The lowest BCUT2D eigenvalue weighted by atomic mass is 10.1. The van der Waals surface area contributed by atoms with E-state index < -0.39 is 29.4 Å². The van der Waals surface area contributed by atoms with Gasteiger partial charge in [0.05, 0.1) is 12.3 Å². The van der Waals surface area contributed by atoms with Crippen molar-refractivity contribution in [2.24, 2.45) is 9.98 Å². The van der Waals surface area contributed by atoms with E-state index in [0.29, 0.717) is 5.71 Å². The monoisotopic (exact) mass is 365 g/mol. The minimum atomic E-state index is -0.649. The van der Waals surface area contributed by atoms with Gasteiger partial charge >= 0.3 is 12.2 Å². The Bertz CT molecular complexity index is 657. The molecule has 0 saturated carbocycles. The van der Waals surface area contributed by atoms with Crippen LogP contribution >= 0.6 is 0 Å². The molecule has 144 valence electrons. The number of hydrogen-bond donors (Lipinski definition) is 1. The van der Waals surface area contributed by atoms with Crippen molar-refractivity contribution in [1.82, 2.24) is 9.80 Å². The van der Waals surface area contributed by atoms with E-state index in [9.17, 15) is 9.59 Å². The van der Waals surface area contributed by atoms with Crippen molar-refractivity contribution in [2.45, 2.75) is 58.8 Å². The molecule has 26 heavy (non-hydrogen) atoms. The fourth-order valence-electron chi connectivity index (χ4n) is 2.50. The molecule has 0 aromatic rings. The van der Waals surface area contributed by atoms with E-state index in [4.69, 9.17) is 14.9 Å². The largest absolute Gasteiger partial charge is 0.444 e. The molecule has 1 N–H and O–H groups in total. The second kappa shape index (κ2) is 7.05. The number of fused-ring (bicyclic) bond motifs is 1. The molecule has 1 unspecified atom stereocenters. The summed E-state index contributed by atoms with van der Waals surface area (Å²) in [6.07, 6.45) is 0.493. The van der Waals surface area contributed by atoms with Crippen LogP contribution in [-0.2, 0) is 9.47 Å². The third kappa shape index (κ3) is 5.27. The summed E-state index contributed by atoms with van der Waals surface area (Å²) >= 11 is 0. The first-order chi connectivity index (χ1) is 11.9. The number of aliphatic imine (C=N–C) groups is 2. The Balaban J connectivity index is 2.25. The maximum absolute atomic E-state index is 12.6. The number of carbonyl (C=O) groups excluding carboxylic acids is 2. The molecule has 0 bridgehead atoms. The van der Waals surface area contributed by atoms with E-state index in [2.05, 4.69) is 9.98 Å². The van der Waals surface area contributed by atoms with E-state index in [1.54, 1.807) is 41.5 Å². The molecule has 0 radical (unpaired) electrons. The second-order valence-corrected chi connectivity index (χ2v) is 8.23. The quantitative estimate of drug-likeness (QED) is 0.710. The molecule has 2 heterocycles. The molecule has 9 heteroatoms. The number of nitrogens with one attached hydrogen (secondary N) is 1. The van der Waals surface area contributed by atoms with Gasteiger partial charge in [-0.25, -0.2) is 19.6 Å². The molecule has 1 saturated heterocycles. The summed E-state index contributed by atoms with van der Waals surface area (Å²) in [4.78, 5) is 36.0. The van der Waals surface area contributed by atoms with Crippen molar-refractivity contribution < 1.29 is 19.1 Å². The van der Waals surface area contributed by atoms with E-state index in [-0.39, 0.29) is 25.6 Å². The highest BCUT2D eigenvalue weighted by Gasteiger charge is 2.37. The Morgan fingerprint density at radius 3 is 2.23 bits per heavy atom. The van der Waals surface area contributed by atoms with Gasteiger partial charge in [-0.2, -0.15) is 0 Å². The molecule has 2 amide bonds. The van der Waals surface area contributed by atoms with Crippen LogP contribution in [0.25, 0.3) is 0 Å². The highest BCUT2D eigenvalue weighted by atomic mass is 16.6. The van der Waals surface area contributed by atoms with Gasteiger partial charge in [0, 0.05) is 19.3 Å². The minimum absolute atomic E-state index is 0.160. The zero-order valence-corrected chi connectivity index (χ0v) is 16.2. The van der Waals surface area contributed by atoms with E-state index in [1.165, 1.54) is 16.0 Å². The molecule has 0 spiro atoms. The molecule has 2 aliphatic heterocycles. The number of rotatable bonds is 0. The van der Waals surface area contributed by atoms with Gasteiger partial charge in [0.1, 0.15) is 17.2 Å². The predicted octanol–water partition coefficient (Wildman–Crippen LogP) is 2.30. The molecule has 2 rings (SSSR count). The van der Waals surface area contributed by atoms with Crippen molar-refractivity contribution in [2.75, 3.05) is 19.6 Å². The minimum Gasteiger partial charge on any atom is -0.444 e. The summed E-state index contributed by atoms with van der Waals surface area (Å²) in [6, 6.07) is -0.550. The van der Waals surface area contributed by atoms with E-state index >= 15 is 0 Å². The van der Waals surface area contributed by atoms with Crippen molar-refractivity contribution in [3.05, 3.63) is 0 Å². The van der Waals surface area contributed by atoms with Crippen LogP contribution in [0.2, 0.25) is 0 Å². The molecule has 1 fully saturated rings. The van der Waals surface area contributed by atoms with Crippen LogP contribution in [0.15, 0.2) is 9.98 Å². The Morgan fingerprint density at radius 1 is 1.08 bits per heavy atom. The van der Waals surface area contributed by atoms with E-state index in [1.807, 2.05) is 0 Å². The molecular formula is C17H27N5O4. The van der Waals surface area contributed by atoms with Crippen molar-refractivity contribution in [3.63, 3.8) is 0 Å². The van der Waals surface area contributed by atoms with E-state index in [0.717, 1.165) is 0 Å². The fraction of sp³-hybridized carbons (Fsp3) is 0.706. The summed E-state index contributed by atoms with van der Waals surface area (Å²) in [6.45, 7) is 11.4. The van der Waals surface area contributed by atoms with Crippen LogP contribution < -0.4 is 0 Å². The third-order valence-electron chi connectivity index (χ3n) is 3.51. The highest BCUT2D eigenvalue weighted by molar-refractivity contribution is 6.15. The fourth-order valence-corrected chi connectivity index (χ4v) is 2.50. The summed E-state index contributed by atoms with van der Waals surface area (Å²) in [5.41, 5.74) is -0.792. The van der Waals surface area contributed by atoms with Gasteiger partial charge in [-0.1, -0.05) is 0 Å². The van der Waals surface area contributed by atoms with Crippen LogP contribution in [0.3, 0.4) is 0 Å². The number of ether oxygens (including phenoxy) is 2. The van der Waals surface area contributed by atoms with Gasteiger partial charge in [0.15, 0.2) is 0 Å². The lowest BCUT2D eigenvalue weighted by Crippen LogP contribution is -2.49. The van der Waals surface area contributed by atoms with Gasteiger partial charge in [0.25, 0.3) is 0 Å². The molecule has 0 aromatic carbocycles. The van der Waals surface area contributed by atoms with Gasteiger partial charge in [-0.05, 0) is 41.5 Å². The molecule has 0 aliphatic carbocycles. The number of guanidine groups is 1. The number of nitrogens with zero attached hydrogens (tertiary/aromatic N) is 4. The summed E-state index contributed by atoms with van der Waals surface area (Å²) < 4.78 is 10.9. The van der Waals surface area contributed by atoms with Crippen molar-refractivity contribution >= 4 is 30.1 Å². The Labute approximate surface area is 153 Å². The number of carbonyl (C=O) groups is 2. The maximum atomic E-state index is 12.6. The highest BCUT2D eigenvalue weighted by Crippen LogP contribution is 2.18. The van der Waals surface area contributed by atoms with Crippen LogP contribution in [-0.4, -0.2) is 76.8 Å². The smallest absolute Gasteiger partial charge is 0.411 e. The summed E-state index contributed by atoms with van der Waals surface area (Å²) in [7, 11) is 0. The Morgan fingerprint density at radius 2 is 1.65 bits per heavy atom. The zero-order valence-electron chi connectivity index (χ0n) is 16.2. The third-order valence-corrected chi connectivity index (χ3v) is 3.51. The first kappa shape index (κ1) is 19.9. The first-order valence-corrected chi connectivity index (χ1v) is 8.53. The topological polar surface area (TPSA) is 108 Å². The molecule has 0 aromatic heterocycles. The summed E-state index contributed by atoms with van der Waals surface area (Å²) in [5.74, 6) is -0.161. The predicted molar refractivity (Wildman–Crippen MR) is 98.2 cm³/mol. The SMILES string of the molecule is CC(C)(C)OC(=O)N1CCN(C(=O)OC(C)(C)C)C2C=NC(=N)N=C2C1. The van der Waals surface area contributed by atoms with Gasteiger partial charge in [-0.3, -0.25) is 10.3 Å². The molecule has 9 nitrogen and oxygen atoms in total. The standard InChI is InChI=1S/C17H27N5O4/c1-16(2,3)25-14(23)21-7-8-22(15(24)26-17(4,5)6)12-9-19-13(18)20-11(12)10-21/h9,12,18H,7-8,10H2,1-6H3. The summed E-state index contributed by atoms with van der Waals surface area (Å²) in [5, 5.41) is 7.66. The van der Waals surface area contributed by atoms with Gasteiger partial charge in [-0.15, -0.1) is 0 Å². The lowest BCUT2D eigenvalue weighted by Gasteiger charge is -2.31. The van der Waals surface area contributed by atoms with Crippen molar-refractivity contribution in [1.29, 1.82) is 5.41 Å². The molecular weight excluding hydrogens is 338 g/mol.